The van der Waals surface area contributed by atoms with Gasteiger partial charge in [-0.1, -0.05) is 13.8 Å². The van der Waals surface area contributed by atoms with Gasteiger partial charge in [0.2, 0.25) is 0 Å². The van der Waals surface area contributed by atoms with Gasteiger partial charge in [0.25, 0.3) is 0 Å². The standard InChI is InChI=1S/C13H20N4O/c1-3-13(4-2,5-6-18)10-17-12-9-15-11(7-14)8-16-12/h8-9,18H,3-6,10H2,1-2H3,(H,16,17). The molecule has 0 bridgehead atoms. The number of nitrogens with one attached hydrogen (secondary N) is 1. The van der Waals surface area contributed by atoms with E-state index >= 15 is 0 Å². The molecule has 0 amide bonds. The number of hydrogen-bond acceptors (Lipinski definition) is 5. The number of hydrogen-bond donors (Lipinski definition) is 2. The van der Waals surface area contributed by atoms with E-state index in [4.69, 9.17) is 10.4 Å². The van der Waals surface area contributed by atoms with E-state index in [1.807, 2.05) is 6.07 Å². The van der Waals surface area contributed by atoms with E-state index in [1.54, 1.807) is 6.20 Å². The molecule has 1 aromatic heterocycles. The number of aromatic nitrogens is 2. The second-order valence-corrected chi connectivity index (χ2v) is 4.43. The first-order valence-electron chi connectivity index (χ1n) is 6.26. The molecule has 1 aromatic rings. The topological polar surface area (TPSA) is 81.8 Å². The number of nitriles is 1. The van der Waals surface area contributed by atoms with Gasteiger partial charge < -0.3 is 10.4 Å². The first kappa shape index (κ1) is 14.4. The second-order valence-electron chi connectivity index (χ2n) is 4.43. The predicted molar refractivity (Wildman–Crippen MR) is 70.0 cm³/mol. The van der Waals surface area contributed by atoms with Crippen LogP contribution < -0.4 is 5.32 Å². The molecule has 0 saturated carbocycles. The van der Waals surface area contributed by atoms with Crippen LogP contribution in [0.5, 0.6) is 0 Å². The summed E-state index contributed by atoms with van der Waals surface area (Å²) in [5, 5.41) is 21.0. The summed E-state index contributed by atoms with van der Waals surface area (Å²) >= 11 is 0. The normalized spacial score (nSPS) is 11.0. The maximum atomic E-state index is 9.14. The number of aliphatic hydroxyl groups excluding tert-OH is 1. The average molecular weight is 248 g/mol. The van der Waals surface area contributed by atoms with Gasteiger partial charge in [0.05, 0.1) is 12.4 Å². The van der Waals surface area contributed by atoms with Crippen molar-refractivity contribution in [2.45, 2.75) is 33.1 Å². The second kappa shape index (κ2) is 6.92. The number of nitrogens with zero attached hydrogens (tertiary/aromatic N) is 3. The molecular formula is C13H20N4O. The Labute approximate surface area is 108 Å². The van der Waals surface area contributed by atoms with Crippen molar-refractivity contribution in [3.8, 4) is 6.07 Å². The molecule has 1 heterocycles. The lowest BCUT2D eigenvalue weighted by Gasteiger charge is -2.31. The molecule has 0 aliphatic rings. The molecule has 2 N–H and O–H groups in total. The quantitative estimate of drug-likeness (QED) is 0.770. The van der Waals surface area contributed by atoms with Gasteiger partial charge in [0.1, 0.15) is 11.9 Å². The Morgan fingerprint density at radius 2 is 2.06 bits per heavy atom. The summed E-state index contributed by atoms with van der Waals surface area (Å²) in [6, 6.07) is 1.93. The summed E-state index contributed by atoms with van der Waals surface area (Å²) in [5.74, 6) is 0.665. The molecule has 0 aliphatic heterocycles. The Kier molecular flexibility index (Phi) is 5.53. The fourth-order valence-corrected chi connectivity index (χ4v) is 1.93. The lowest BCUT2D eigenvalue weighted by atomic mass is 9.79. The number of aliphatic hydroxyl groups is 1. The molecule has 0 atom stereocenters. The third-order valence-corrected chi connectivity index (χ3v) is 3.55. The van der Waals surface area contributed by atoms with Crippen LogP contribution in [0.4, 0.5) is 5.82 Å². The van der Waals surface area contributed by atoms with E-state index < -0.39 is 0 Å². The van der Waals surface area contributed by atoms with Gasteiger partial charge in [-0.3, -0.25) is 0 Å². The molecule has 5 nitrogen and oxygen atoms in total. The van der Waals surface area contributed by atoms with Crippen molar-refractivity contribution in [3.05, 3.63) is 18.1 Å². The monoisotopic (exact) mass is 248 g/mol. The minimum absolute atomic E-state index is 0.0876. The van der Waals surface area contributed by atoms with Crippen LogP contribution >= 0.6 is 0 Å². The van der Waals surface area contributed by atoms with E-state index in [0.717, 1.165) is 25.8 Å². The van der Waals surface area contributed by atoms with E-state index in [2.05, 4.69) is 29.1 Å². The van der Waals surface area contributed by atoms with Gasteiger partial charge in [0.15, 0.2) is 5.69 Å². The van der Waals surface area contributed by atoms with Crippen LogP contribution in [0, 0.1) is 16.7 Å². The molecule has 0 spiro atoms. The van der Waals surface area contributed by atoms with Crippen molar-refractivity contribution in [2.24, 2.45) is 5.41 Å². The Morgan fingerprint density at radius 1 is 1.33 bits per heavy atom. The largest absolute Gasteiger partial charge is 0.396 e. The van der Waals surface area contributed by atoms with E-state index in [1.165, 1.54) is 6.20 Å². The zero-order valence-electron chi connectivity index (χ0n) is 11.0. The smallest absolute Gasteiger partial charge is 0.158 e. The van der Waals surface area contributed by atoms with Crippen LogP contribution in [0.15, 0.2) is 12.4 Å². The number of anilines is 1. The van der Waals surface area contributed by atoms with Crippen molar-refractivity contribution >= 4 is 5.82 Å². The Bertz CT molecular complexity index is 392. The van der Waals surface area contributed by atoms with Crippen molar-refractivity contribution < 1.29 is 5.11 Å². The van der Waals surface area contributed by atoms with Crippen LogP contribution in [0.1, 0.15) is 38.8 Å². The fraction of sp³-hybridized carbons (Fsp3) is 0.615. The molecule has 0 saturated heterocycles. The van der Waals surface area contributed by atoms with Crippen LogP contribution in [0.3, 0.4) is 0 Å². The highest BCUT2D eigenvalue weighted by Gasteiger charge is 2.25. The van der Waals surface area contributed by atoms with E-state index in [-0.39, 0.29) is 12.0 Å². The maximum Gasteiger partial charge on any atom is 0.158 e. The van der Waals surface area contributed by atoms with Crippen molar-refractivity contribution in [3.63, 3.8) is 0 Å². The van der Waals surface area contributed by atoms with Crippen molar-refractivity contribution in [1.82, 2.24) is 9.97 Å². The summed E-state index contributed by atoms with van der Waals surface area (Å²) in [5.41, 5.74) is 0.401. The third-order valence-electron chi connectivity index (χ3n) is 3.55. The minimum Gasteiger partial charge on any atom is -0.396 e. The maximum absolute atomic E-state index is 9.14. The lowest BCUT2D eigenvalue weighted by Crippen LogP contribution is -2.30. The Balaban J connectivity index is 2.64. The molecule has 5 heteroatoms. The van der Waals surface area contributed by atoms with Gasteiger partial charge in [0, 0.05) is 13.2 Å². The van der Waals surface area contributed by atoms with Gasteiger partial charge in [-0.25, -0.2) is 9.97 Å². The first-order chi connectivity index (χ1) is 8.69. The molecule has 18 heavy (non-hydrogen) atoms. The summed E-state index contributed by atoms with van der Waals surface area (Å²) in [4.78, 5) is 8.08. The highest BCUT2D eigenvalue weighted by atomic mass is 16.3. The van der Waals surface area contributed by atoms with Crippen LogP contribution in [-0.2, 0) is 0 Å². The zero-order valence-corrected chi connectivity index (χ0v) is 11.0. The molecule has 0 aliphatic carbocycles. The van der Waals surface area contributed by atoms with Crippen LogP contribution in [-0.4, -0.2) is 28.2 Å². The summed E-state index contributed by atoms with van der Waals surface area (Å²) in [6.45, 7) is 5.21. The SMILES string of the molecule is CCC(CC)(CCO)CNc1cnc(C#N)cn1. The van der Waals surface area contributed by atoms with Crippen LogP contribution in [0.25, 0.3) is 0 Å². The number of rotatable bonds is 7. The Morgan fingerprint density at radius 3 is 2.50 bits per heavy atom. The molecular weight excluding hydrogens is 228 g/mol. The van der Waals surface area contributed by atoms with Crippen molar-refractivity contribution in [1.29, 1.82) is 5.26 Å². The minimum atomic E-state index is 0.0876. The zero-order chi connectivity index (χ0) is 13.4. The Hall–Kier alpha value is -1.67. The average Bonchev–Trinajstić information content (AvgIpc) is 2.44. The first-order valence-corrected chi connectivity index (χ1v) is 6.26. The van der Waals surface area contributed by atoms with Gasteiger partial charge in [-0.05, 0) is 24.7 Å². The lowest BCUT2D eigenvalue weighted by molar-refractivity contribution is 0.179. The molecule has 0 fully saturated rings. The van der Waals surface area contributed by atoms with Gasteiger partial charge in [-0.2, -0.15) is 5.26 Å². The summed E-state index contributed by atoms with van der Waals surface area (Å²) < 4.78 is 0. The highest BCUT2D eigenvalue weighted by Crippen LogP contribution is 2.30. The molecule has 0 unspecified atom stereocenters. The van der Waals surface area contributed by atoms with Gasteiger partial charge >= 0.3 is 0 Å². The third kappa shape index (κ3) is 3.67. The highest BCUT2D eigenvalue weighted by molar-refractivity contribution is 5.33. The fourth-order valence-electron chi connectivity index (χ4n) is 1.93. The van der Waals surface area contributed by atoms with Gasteiger partial charge in [-0.15, -0.1) is 0 Å². The summed E-state index contributed by atoms with van der Waals surface area (Å²) in [6.07, 6.45) is 5.79. The molecule has 1 rings (SSSR count). The molecule has 0 radical (unpaired) electrons. The van der Waals surface area contributed by atoms with E-state index in [9.17, 15) is 0 Å². The molecule has 0 aromatic carbocycles. The molecule has 98 valence electrons. The van der Waals surface area contributed by atoms with E-state index in [0.29, 0.717) is 11.5 Å². The predicted octanol–water partition coefficient (Wildman–Crippen LogP) is 1.95. The summed E-state index contributed by atoms with van der Waals surface area (Å²) in [7, 11) is 0. The van der Waals surface area contributed by atoms with Crippen LogP contribution in [0.2, 0.25) is 0 Å². The van der Waals surface area contributed by atoms with Crippen molar-refractivity contribution in [2.75, 3.05) is 18.5 Å².